The van der Waals surface area contributed by atoms with Crippen LogP contribution in [-0.2, 0) is 28.6 Å². The Balaban J connectivity index is 4.57. The third-order valence-corrected chi connectivity index (χ3v) is 11.3. The molecule has 0 spiro atoms. The summed E-state index contributed by atoms with van der Waals surface area (Å²) >= 11 is 0. The number of unbranched alkanes of at least 4 members (excludes halogenated alkanes) is 19. The van der Waals surface area contributed by atoms with Crippen molar-refractivity contribution in [1.82, 2.24) is 0 Å². The van der Waals surface area contributed by atoms with Crippen LogP contribution in [0.1, 0.15) is 226 Å². The maximum Gasteiger partial charge on any atom is 0.306 e. The molecule has 0 rings (SSSR count). The number of rotatable bonds is 48. The van der Waals surface area contributed by atoms with Gasteiger partial charge in [0, 0.05) is 19.3 Å². The number of esters is 3. The standard InChI is InChI=1S/C63H100O6/c1-4-7-10-13-16-19-22-25-28-30-31-33-35-38-41-44-47-50-53-56-62(65)68-59-60(58-67-61(64)55-52-49-46-43-40-37-34-27-24-21-18-15-12-9-6-3)69-63(66)57-54-51-48-45-42-39-36-32-29-26-23-20-17-14-11-8-5-2/h7,9-10,12,15-16,18-19,21,24-25,27-28,31,33-34,37-38,40-41,47,50,60H,4-6,8,11,13-14,17,20,22-23,26,29-30,32,35-36,39,42-46,48-49,51-59H2,1-3H3/b10-7-,12-9-,18-15-,19-16-,24-21-,28-25-,33-31-,34-27-,40-37-,41-38-,50-47-. The van der Waals surface area contributed by atoms with Gasteiger partial charge < -0.3 is 14.2 Å². The zero-order chi connectivity index (χ0) is 50.0. The highest BCUT2D eigenvalue weighted by Gasteiger charge is 2.19. The molecule has 0 saturated heterocycles. The number of allylic oxidation sites excluding steroid dienone is 22. The summed E-state index contributed by atoms with van der Waals surface area (Å²) in [5.74, 6) is -1.05. The van der Waals surface area contributed by atoms with Crippen molar-refractivity contribution in [2.75, 3.05) is 13.2 Å². The van der Waals surface area contributed by atoms with Crippen molar-refractivity contribution in [1.29, 1.82) is 0 Å². The molecule has 388 valence electrons. The summed E-state index contributed by atoms with van der Waals surface area (Å²) in [6, 6.07) is 0. The molecule has 0 aromatic rings. The lowest BCUT2D eigenvalue weighted by atomic mass is 10.0. The highest BCUT2D eigenvalue weighted by molar-refractivity contribution is 5.71. The predicted octanol–water partition coefficient (Wildman–Crippen LogP) is 18.6. The second-order valence-corrected chi connectivity index (χ2v) is 17.9. The highest BCUT2D eigenvalue weighted by Crippen LogP contribution is 2.15. The molecule has 0 saturated carbocycles. The van der Waals surface area contributed by atoms with Crippen LogP contribution >= 0.6 is 0 Å². The van der Waals surface area contributed by atoms with E-state index in [-0.39, 0.29) is 37.5 Å². The van der Waals surface area contributed by atoms with Crippen LogP contribution in [0.2, 0.25) is 0 Å². The molecule has 6 nitrogen and oxygen atoms in total. The molecule has 0 bridgehead atoms. The lowest BCUT2D eigenvalue weighted by Gasteiger charge is -2.18. The number of hydrogen-bond donors (Lipinski definition) is 0. The molecule has 0 aliphatic rings. The monoisotopic (exact) mass is 953 g/mol. The lowest BCUT2D eigenvalue weighted by molar-refractivity contribution is -0.166. The molecule has 0 amide bonds. The molecule has 0 N–H and O–H groups in total. The average Bonchev–Trinajstić information content (AvgIpc) is 3.35. The number of carbonyl (C=O) groups excluding carboxylic acids is 3. The van der Waals surface area contributed by atoms with Gasteiger partial charge in [-0.05, 0) is 77.0 Å². The first-order chi connectivity index (χ1) is 34.0. The van der Waals surface area contributed by atoms with Crippen LogP contribution in [-0.4, -0.2) is 37.2 Å². The summed E-state index contributed by atoms with van der Waals surface area (Å²) < 4.78 is 16.7. The molecule has 6 heteroatoms. The lowest BCUT2D eigenvalue weighted by Crippen LogP contribution is -2.30. The van der Waals surface area contributed by atoms with Gasteiger partial charge in [-0.15, -0.1) is 0 Å². The van der Waals surface area contributed by atoms with E-state index in [0.717, 1.165) is 89.9 Å². The second-order valence-electron chi connectivity index (χ2n) is 17.9. The van der Waals surface area contributed by atoms with Crippen LogP contribution in [0.25, 0.3) is 0 Å². The number of hydrogen-bond acceptors (Lipinski definition) is 6. The van der Waals surface area contributed by atoms with E-state index >= 15 is 0 Å². The van der Waals surface area contributed by atoms with Crippen LogP contribution in [0.4, 0.5) is 0 Å². The molecular formula is C63H100O6. The molecule has 1 atom stereocenters. The van der Waals surface area contributed by atoms with Gasteiger partial charge in [-0.25, -0.2) is 0 Å². The highest BCUT2D eigenvalue weighted by atomic mass is 16.6. The van der Waals surface area contributed by atoms with E-state index < -0.39 is 6.10 Å². The summed E-state index contributed by atoms with van der Waals surface area (Å²) in [7, 11) is 0. The Morgan fingerprint density at radius 2 is 0.667 bits per heavy atom. The van der Waals surface area contributed by atoms with E-state index in [0.29, 0.717) is 19.3 Å². The van der Waals surface area contributed by atoms with Crippen molar-refractivity contribution < 1.29 is 28.6 Å². The van der Waals surface area contributed by atoms with Gasteiger partial charge in [0.1, 0.15) is 13.2 Å². The Morgan fingerprint density at radius 1 is 0.319 bits per heavy atom. The van der Waals surface area contributed by atoms with Crippen LogP contribution in [0.5, 0.6) is 0 Å². The normalized spacial score (nSPS) is 13.1. The number of carbonyl (C=O) groups is 3. The van der Waals surface area contributed by atoms with Gasteiger partial charge in [0.15, 0.2) is 6.10 Å². The Kier molecular flexibility index (Phi) is 52.5. The van der Waals surface area contributed by atoms with E-state index in [1.54, 1.807) is 0 Å². The van der Waals surface area contributed by atoms with Gasteiger partial charge in [0.05, 0.1) is 0 Å². The van der Waals surface area contributed by atoms with Crippen molar-refractivity contribution in [3.63, 3.8) is 0 Å². The third kappa shape index (κ3) is 54.4. The van der Waals surface area contributed by atoms with Crippen LogP contribution in [0, 0.1) is 0 Å². The van der Waals surface area contributed by atoms with Crippen molar-refractivity contribution in [3.8, 4) is 0 Å². The number of ether oxygens (including phenoxy) is 3. The van der Waals surface area contributed by atoms with Gasteiger partial charge in [-0.2, -0.15) is 0 Å². The minimum atomic E-state index is -0.830. The minimum Gasteiger partial charge on any atom is -0.462 e. The minimum absolute atomic E-state index is 0.126. The molecule has 0 aliphatic carbocycles. The van der Waals surface area contributed by atoms with Gasteiger partial charge in [0.25, 0.3) is 0 Å². The zero-order valence-corrected chi connectivity index (χ0v) is 44.3. The second kappa shape index (κ2) is 56.1. The van der Waals surface area contributed by atoms with Crippen molar-refractivity contribution in [2.24, 2.45) is 0 Å². The first kappa shape index (κ1) is 64.5. The smallest absolute Gasteiger partial charge is 0.306 e. The van der Waals surface area contributed by atoms with E-state index in [1.807, 2.05) is 60.8 Å². The average molecular weight is 953 g/mol. The Morgan fingerprint density at radius 3 is 1.12 bits per heavy atom. The fourth-order valence-corrected chi connectivity index (χ4v) is 7.19. The largest absolute Gasteiger partial charge is 0.462 e. The third-order valence-electron chi connectivity index (χ3n) is 11.3. The fourth-order valence-electron chi connectivity index (χ4n) is 7.19. The Hall–Kier alpha value is -4.45. The topological polar surface area (TPSA) is 78.9 Å². The Labute approximate surface area is 424 Å². The van der Waals surface area contributed by atoms with Crippen LogP contribution < -0.4 is 0 Å². The summed E-state index contributed by atoms with van der Waals surface area (Å²) in [6.07, 6.45) is 78.8. The van der Waals surface area contributed by atoms with Gasteiger partial charge in [-0.1, -0.05) is 264 Å². The molecule has 0 radical (unpaired) electrons. The zero-order valence-electron chi connectivity index (χ0n) is 44.3. The van der Waals surface area contributed by atoms with E-state index in [2.05, 4.69) is 93.7 Å². The van der Waals surface area contributed by atoms with Crippen LogP contribution in [0.15, 0.2) is 134 Å². The van der Waals surface area contributed by atoms with Gasteiger partial charge >= 0.3 is 17.9 Å². The van der Waals surface area contributed by atoms with E-state index in [9.17, 15) is 14.4 Å². The maximum atomic E-state index is 12.8. The maximum absolute atomic E-state index is 12.8. The molecule has 0 fully saturated rings. The molecule has 69 heavy (non-hydrogen) atoms. The summed E-state index contributed by atoms with van der Waals surface area (Å²) in [5.41, 5.74) is 0. The summed E-state index contributed by atoms with van der Waals surface area (Å²) in [4.78, 5) is 38.1. The van der Waals surface area contributed by atoms with Crippen molar-refractivity contribution in [2.45, 2.75) is 232 Å². The van der Waals surface area contributed by atoms with Crippen molar-refractivity contribution >= 4 is 17.9 Å². The molecule has 0 aromatic carbocycles. The Bertz CT molecular complexity index is 1510. The molecule has 0 heterocycles. The molecule has 0 aromatic heterocycles. The van der Waals surface area contributed by atoms with E-state index in [1.165, 1.54) is 89.9 Å². The fraction of sp³-hybridized carbons (Fsp3) is 0.603. The summed E-state index contributed by atoms with van der Waals surface area (Å²) in [6.45, 7) is 6.28. The van der Waals surface area contributed by atoms with E-state index in [4.69, 9.17) is 14.2 Å². The van der Waals surface area contributed by atoms with Crippen molar-refractivity contribution in [3.05, 3.63) is 134 Å². The van der Waals surface area contributed by atoms with Gasteiger partial charge in [-0.3, -0.25) is 14.4 Å². The summed E-state index contributed by atoms with van der Waals surface area (Å²) in [5, 5.41) is 0. The first-order valence-electron chi connectivity index (χ1n) is 27.8. The first-order valence-corrected chi connectivity index (χ1v) is 27.8. The molecular weight excluding hydrogens is 853 g/mol. The molecule has 0 aliphatic heterocycles. The quantitative estimate of drug-likeness (QED) is 0.0199. The predicted molar refractivity (Wildman–Crippen MR) is 297 cm³/mol. The van der Waals surface area contributed by atoms with Crippen LogP contribution in [0.3, 0.4) is 0 Å². The SMILES string of the molecule is CC\C=C/C=C\C=C/C=C\C=C/CCCCCC(=O)OCC(COC(=O)CC/C=C\C/C=C\C/C=C\C/C=C\C/C=C\C/C=C\CC)OC(=O)CCCCCCCCCCCCCCCCCCC. The molecule has 1 unspecified atom stereocenters. The van der Waals surface area contributed by atoms with Gasteiger partial charge in [0.2, 0.25) is 0 Å².